The van der Waals surface area contributed by atoms with Gasteiger partial charge >= 0.3 is 5.97 Å². The average Bonchev–Trinajstić information content (AvgIpc) is 2.81. The van der Waals surface area contributed by atoms with Gasteiger partial charge in [-0.05, 0) is 5.56 Å². The van der Waals surface area contributed by atoms with E-state index in [1.807, 2.05) is 30.3 Å². The van der Waals surface area contributed by atoms with Gasteiger partial charge in [0.15, 0.2) is 11.5 Å². The molecule has 0 unspecified atom stereocenters. The zero-order valence-electron chi connectivity index (χ0n) is 10.5. The van der Waals surface area contributed by atoms with Crippen LogP contribution in [0, 0.1) is 0 Å². The average molecular weight is 262 g/mol. The van der Waals surface area contributed by atoms with Crippen molar-refractivity contribution in [2.75, 3.05) is 20.3 Å². The van der Waals surface area contributed by atoms with Gasteiger partial charge in [0.1, 0.15) is 18.8 Å². The lowest BCUT2D eigenvalue weighted by molar-refractivity contribution is -0.138. The molecule has 0 N–H and O–H groups in total. The molecule has 0 spiro atoms. The van der Waals surface area contributed by atoms with Crippen molar-refractivity contribution in [1.29, 1.82) is 0 Å². The molecule has 0 radical (unpaired) electrons. The van der Waals surface area contributed by atoms with Crippen LogP contribution in [0.25, 0.3) is 0 Å². The molecule has 0 aromatic heterocycles. The smallest absolute Gasteiger partial charge is 0.345 e. The summed E-state index contributed by atoms with van der Waals surface area (Å²) in [6, 6.07) is 9.47. The van der Waals surface area contributed by atoms with Crippen LogP contribution >= 0.6 is 0 Å². The van der Waals surface area contributed by atoms with Gasteiger partial charge in [0.25, 0.3) is 0 Å². The van der Waals surface area contributed by atoms with Crippen LogP contribution in [0.15, 0.2) is 41.7 Å². The fourth-order valence-electron chi connectivity index (χ4n) is 1.73. The van der Waals surface area contributed by atoms with Gasteiger partial charge in [-0.3, -0.25) is 4.79 Å². The molecule has 5 nitrogen and oxygen atoms in total. The highest BCUT2D eigenvalue weighted by Crippen LogP contribution is 2.17. The Morgan fingerprint density at radius 3 is 2.74 bits per heavy atom. The second-order valence-corrected chi connectivity index (χ2v) is 3.98. The Morgan fingerprint density at radius 2 is 2.05 bits per heavy atom. The summed E-state index contributed by atoms with van der Waals surface area (Å²) in [4.78, 5) is 23.2. The summed E-state index contributed by atoms with van der Waals surface area (Å²) in [6.45, 7) is 0.151. The van der Waals surface area contributed by atoms with Crippen LogP contribution in [0.1, 0.15) is 5.56 Å². The fraction of sp³-hybridized carbons (Fsp3) is 0.286. The van der Waals surface area contributed by atoms with Crippen molar-refractivity contribution in [2.45, 2.75) is 6.61 Å². The van der Waals surface area contributed by atoms with Crippen LogP contribution in [-0.2, 0) is 30.4 Å². The molecule has 0 aliphatic carbocycles. The Labute approximate surface area is 110 Å². The largest absolute Gasteiger partial charge is 0.496 e. The number of hydrogen-bond donors (Lipinski definition) is 0. The second-order valence-electron chi connectivity index (χ2n) is 3.98. The molecule has 0 amide bonds. The van der Waals surface area contributed by atoms with Gasteiger partial charge in [-0.1, -0.05) is 30.3 Å². The van der Waals surface area contributed by atoms with Crippen LogP contribution in [0.3, 0.4) is 0 Å². The van der Waals surface area contributed by atoms with E-state index in [0.29, 0.717) is 6.61 Å². The summed E-state index contributed by atoms with van der Waals surface area (Å²) in [6.07, 6.45) is 0. The van der Waals surface area contributed by atoms with Crippen molar-refractivity contribution in [3.8, 4) is 0 Å². The molecule has 0 bridgehead atoms. The lowest BCUT2D eigenvalue weighted by atomic mass is 10.1. The van der Waals surface area contributed by atoms with Crippen molar-refractivity contribution in [3.63, 3.8) is 0 Å². The number of esters is 1. The van der Waals surface area contributed by atoms with Crippen molar-refractivity contribution in [2.24, 2.45) is 0 Å². The molecular weight excluding hydrogens is 248 g/mol. The number of benzene rings is 1. The molecule has 19 heavy (non-hydrogen) atoms. The molecule has 1 aliphatic rings. The van der Waals surface area contributed by atoms with Gasteiger partial charge in [0.05, 0.1) is 13.7 Å². The third kappa shape index (κ3) is 3.20. The predicted octanol–water partition coefficient (Wildman–Crippen LogP) is 1.23. The van der Waals surface area contributed by atoms with E-state index in [4.69, 9.17) is 14.2 Å². The molecule has 0 fully saturated rings. The Bertz CT molecular complexity index is 504. The minimum absolute atomic E-state index is 0.00902. The summed E-state index contributed by atoms with van der Waals surface area (Å²) in [7, 11) is 1.40. The first kappa shape index (κ1) is 13.3. The minimum Gasteiger partial charge on any atom is -0.496 e. The van der Waals surface area contributed by atoms with Gasteiger partial charge in [0.2, 0.25) is 0 Å². The van der Waals surface area contributed by atoms with E-state index in [9.17, 15) is 9.59 Å². The number of Topliss-reactive ketones (excluding diaryl/α,β-unsaturated/α-hetero) is 1. The predicted molar refractivity (Wildman–Crippen MR) is 66.1 cm³/mol. The van der Waals surface area contributed by atoms with E-state index in [0.717, 1.165) is 5.56 Å². The van der Waals surface area contributed by atoms with Crippen molar-refractivity contribution < 1.29 is 23.8 Å². The second kappa shape index (κ2) is 6.15. The maximum atomic E-state index is 11.9. The number of rotatable bonds is 6. The number of hydrogen-bond acceptors (Lipinski definition) is 5. The first-order valence-electron chi connectivity index (χ1n) is 5.81. The van der Waals surface area contributed by atoms with Crippen LogP contribution in [0.2, 0.25) is 0 Å². The molecular formula is C14H14O5. The van der Waals surface area contributed by atoms with Gasteiger partial charge in [-0.25, -0.2) is 4.79 Å². The Hall–Kier alpha value is -2.14. The fourth-order valence-corrected chi connectivity index (χ4v) is 1.73. The lowest BCUT2D eigenvalue weighted by Crippen LogP contribution is -2.17. The van der Waals surface area contributed by atoms with E-state index in [-0.39, 0.29) is 24.5 Å². The van der Waals surface area contributed by atoms with Crippen LogP contribution < -0.4 is 0 Å². The van der Waals surface area contributed by atoms with Crippen LogP contribution in [-0.4, -0.2) is 32.1 Å². The summed E-state index contributed by atoms with van der Waals surface area (Å²) < 4.78 is 15.0. The number of ether oxygens (including phenoxy) is 3. The highest BCUT2D eigenvalue weighted by Gasteiger charge is 2.31. The maximum Gasteiger partial charge on any atom is 0.345 e. The first-order valence-corrected chi connectivity index (χ1v) is 5.81. The molecule has 2 rings (SSSR count). The number of ketones is 1. The molecule has 0 atom stereocenters. The van der Waals surface area contributed by atoms with Gasteiger partial charge in [-0.15, -0.1) is 0 Å². The molecule has 0 saturated heterocycles. The SMILES string of the molecule is COC1=C(C(=O)COCc2ccccc2)C(=O)OC1. The van der Waals surface area contributed by atoms with Gasteiger partial charge in [-0.2, -0.15) is 0 Å². The quantitative estimate of drug-likeness (QED) is 0.570. The zero-order chi connectivity index (χ0) is 13.7. The van der Waals surface area contributed by atoms with Crippen molar-refractivity contribution in [3.05, 3.63) is 47.2 Å². The van der Waals surface area contributed by atoms with E-state index >= 15 is 0 Å². The summed E-state index contributed by atoms with van der Waals surface area (Å²) in [5, 5.41) is 0. The molecule has 1 aromatic carbocycles. The standard InChI is InChI=1S/C14H14O5/c1-17-12-9-19-14(16)13(12)11(15)8-18-7-10-5-3-2-4-6-10/h2-6H,7-9H2,1H3. The Balaban J connectivity index is 1.90. The van der Waals surface area contributed by atoms with E-state index in [1.165, 1.54) is 7.11 Å². The highest BCUT2D eigenvalue weighted by atomic mass is 16.6. The third-order valence-corrected chi connectivity index (χ3v) is 2.69. The number of carbonyl (C=O) groups excluding carboxylic acids is 2. The lowest BCUT2D eigenvalue weighted by Gasteiger charge is -2.04. The highest BCUT2D eigenvalue weighted by molar-refractivity contribution is 6.19. The molecule has 5 heteroatoms. The van der Waals surface area contributed by atoms with E-state index < -0.39 is 11.8 Å². The molecule has 1 aliphatic heterocycles. The minimum atomic E-state index is -0.648. The molecule has 1 heterocycles. The first-order chi connectivity index (χ1) is 9.22. The third-order valence-electron chi connectivity index (χ3n) is 2.69. The molecule has 1 aromatic rings. The molecule has 100 valence electrons. The van der Waals surface area contributed by atoms with Crippen LogP contribution in [0.4, 0.5) is 0 Å². The van der Waals surface area contributed by atoms with Crippen LogP contribution in [0.5, 0.6) is 0 Å². The van der Waals surface area contributed by atoms with Gasteiger partial charge < -0.3 is 14.2 Å². The number of cyclic esters (lactones) is 1. The Kier molecular flexibility index (Phi) is 4.30. The van der Waals surface area contributed by atoms with Crippen molar-refractivity contribution >= 4 is 11.8 Å². The molecule has 0 saturated carbocycles. The maximum absolute atomic E-state index is 11.9. The van der Waals surface area contributed by atoms with Gasteiger partial charge in [0, 0.05) is 0 Å². The number of carbonyl (C=O) groups is 2. The number of methoxy groups -OCH3 is 1. The van der Waals surface area contributed by atoms with E-state index in [2.05, 4.69) is 0 Å². The van der Waals surface area contributed by atoms with E-state index in [1.54, 1.807) is 0 Å². The Morgan fingerprint density at radius 1 is 1.32 bits per heavy atom. The zero-order valence-corrected chi connectivity index (χ0v) is 10.5. The summed E-state index contributed by atoms with van der Waals surface area (Å²) >= 11 is 0. The summed E-state index contributed by atoms with van der Waals surface area (Å²) in [5.41, 5.74) is 0.917. The normalized spacial score (nSPS) is 14.5. The topological polar surface area (TPSA) is 61.8 Å². The van der Waals surface area contributed by atoms with Crippen molar-refractivity contribution in [1.82, 2.24) is 0 Å². The monoisotopic (exact) mass is 262 g/mol. The summed E-state index contributed by atoms with van der Waals surface area (Å²) in [5.74, 6) is -0.807.